The number of benzene rings is 1. The highest BCUT2D eigenvalue weighted by atomic mass is 32.2. The van der Waals surface area contributed by atoms with E-state index in [0.29, 0.717) is 12.1 Å². The van der Waals surface area contributed by atoms with Crippen LogP contribution >= 0.6 is 11.8 Å². The summed E-state index contributed by atoms with van der Waals surface area (Å²) in [7, 11) is -2.93. The predicted molar refractivity (Wildman–Crippen MR) is 103 cm³/mol. The van der Waals surface area contributed by atoms with Crippen molar-refractivity contribution in [2.24, 2.45) is 4.99 Å². The summed E-state index contributed by atoms with van der Waals surface area (Å²) >= 11 is 1.49. The van der Waals surface area contributed by atoms with Crippen LogP contribution in [0.25, 0.3) is 0 Å². The van der Waals surface area contributed by atoms with Gasteiger partial charge < -0.3 is 10.6 Å². The molecule has 2 heterocycles. The molecule has 1 saturated heterocycles. The molecular formula is C17H23N3O3S2. The molecule has 3 rings (SSSR count). The van der Waals surface area contributed by atoms with Crippen LogP contribution in [0, 0.1) is 0 Å². The number of nitrogens with zero attached hydrogens (tertiary/aromatic N) is 1. The van der Waals surface area contributed by atoms with Crippen LogP contribution in [0.2, 0.25) is 0 Å². The number of thioether (sulfide) groups is 1. The van der Waals surface area contributed by atoms with E-state index in [0.717, 1.165) is 30.1 Å². The number of amidine groups is 1. The van der Waals surface area contributed by atoms with Crippen molar-refractivity contribution in [2.45, 2.75) is 37.5 Å². The van der Waals surface area contributed by atoms with Crippen molar-refractivity contribution in [2.75, 3.05) is 23.4 Å². The molecule has 0 bridgehead atoms. The third-order valence-corrected chi connectivity index (χ3v) is 7.42. The Morgan fingerprint density at radius 2 is 2.00 bits per heavy atom. The zero-order chi connectivity index (χ0) is 17.9. The zero-order valence-corrected chi connectivity index (χ0v) is 15.8. The quantitative estimate of drug-likeness (QED) is 0.738. The third-order valence-electron chi connectivity index (χ3n) is 4.28. The molecule has 136 valence electrons. The van der Waals surface area contributed by atoms with E-state index in [4.69, 9.17) is 0 Å². The molecule has 1 amide bonds. The first kappa shape index (κ1) is 18.3. The second-order valence-electron chi connectivity index (χ2n) is 6.40. The minimum Gasteiger partial charge on any atom is -0.352 e. The van der Waals surface area contributed by atoms with Gasteiger partial charge in [-0.05, 0) is 30.7 Å². The van der Waals surface area contributed by atoms with Crippen LogP contribution in [0.15, 0.2) is 29.3 Å². The third kappa shape index (κ3) is 4.76. The Labute approximate surface area is 152 Å². The Kier molecular flexibility index (Phi) is 5.68. The molecule has 1 aromatic rings. The molecule has 25 heavy (non-hydrogen) atoms. The van der Waals surface area contributed by atoms with E-state index in [2.05, 4.69) is 22.5 Å². The molecule has 0 unspecified atom stereocenters. The first-order chi connectivity index (χ1) is 12.0. The summed E-state index contributed by atoms with van der Waals surface area (Å²) in [5.41, 5.74) is 1.47. The fourth-order valence-corrected chi connectivity index (χ4v) is 6.60. The van der Waals surface area contributed by atoms with Gasteiger partial charge in [-0.15, -0.1) is 0 Å². The van der Waals surface area contributed by atoms with Crippen molar-refractivity contribution in [1.29, 1.82) is 0 Å². The van der Waals surface area contributed by atoms with Crippen LogP contribution < -0.4 is 10.6 Å². The van der Waals surface area contributed by atoms with Crippen molar-refractivity contribution >= 4 is 38.4 Å². The minimum absolute atomic E-state index is 0.0284. The van der Waals surface area contributed by atoms with Crippen molar-refractivity contribution in [3.8, 4) is 0 Å². The zero-order valence-electron chi connectivity index (χ0n) is 14.2. The summed E-state index contributed by atoms with van der Waals surface area (Å²) in [6.07, 6.45) is 3.25. The number of hydrogen-bond donors (Lipinski definition) is 2. The van der Waals surface area contributed by atoms with Gasteiger partial charge in [0, 0.05) is 23.0 Å². The van der Waals surface area contributed by atoms with E-state index in [1.165, 1.54) is 11.8 Å². The lowest BCUT2D eigenvalue weighted by molar-refractivity contribution is 0.0953. The SMILES string of the molecule is CCCCCNC(=O)c1ccc(NC2=N[C@H]3CS(=O)(=O)C[C@@H]3S2)cc1. The number of fused-ring (bicyclic) bond motifs is 1. The number of amides is 1. The molecule has 0 saturated carbocycles. The molecule has 2 atom stereocenters. The van der Waals surface area contributed by atoms with E-state index in [1.807, 2.05) is 12.1 Å². The van der Waals surface area contributed by atoms with Crippen molar-refractivity contribution in [3.05, 3.63) is 29.8 Å². The van der Waals surface area contributed by atoms with Gasteiger partial charge >= 0.3 is 0 Å². The van der Waals surface area contributed by atoms with Gasteiger partial charge in [-0.25, -0.2) is 8.42 Å². The monoisotopic (exact) mass is 381 g/mol. The topological polar surface area (TPSA) is 87.6 Å². The number of carbonyl (C=O) groups excluding carboxylic acids is 1. The Hall–Kier alpha value is -1.54. The number of sulfone groups is 1. The molecule has 0 radical (unpaired) electrons. The fraction of sp³-hybridized carbons (Fsp3) is 0.529. The second kappa shape index (κ2) is 7.78. The van der Waals surface area contributed by atoms with Crippen LogP contribution in [0.5, 0.6) is 0 Å². The Morgan fingerprint density at radius 1 is 1.24 bits per heavy atom. The molecule has 0 aromatic heterocycles. The highest BCUT2D eigenvalue weighted by molar-refractivity contribution is 8.15. The molecule has 6 nitrogen and oxygen atoms in total. The van der Waals surface area contributed by atoms with Gasteiger partial charge in [0.2, 0.25) is 0 Å². The summed E-state index contributed by atoms with van der Waals surface area (Å²) in [6.45, 7) is 2.83. The number of anilines is 1. The largest absolute Gasteiger partial charge is 0.352 e. The first-order valence-corrected chi connectivity index (χ1v) is 11.3. The van der Waals surface area contributed by atoms with E-state index in [-0.39, 0.29) is 28.7 Å². The van der Waals surface area contributed by atoms with Crippen molar-refractivity contribution in [3.63, 3.8) is 0 Å². The molecule has 2 aliphatic heterocycles. The molecule has 0 aliphatic carbocycles. The maximum Gasteiger partial charge on any atom is 0.251 e. The van der Waals surface area contributed by atoms with Gasteiger partial charge in [0.05, 0.1) is 17.5 Å². The summed E-state index contributed by atoms with van der Waals surface area (Å²) in [6, 6.07) is 7.11. The van der Waals surface area contributed by atoms with Crippen LogP contribution in [0.4, 0.5) is 5.69 Å². The average molecular weight is 382 g/mol. The highest BCUT2D eigenvalue weighted by Crippen LogP contribution is 2.34. The van der Waals surface area contributed by atoms with Gasteiger partial charge in [0.15, 0.2) is 15.0 Å². The Balaban J connectivity index is 1.52. The lowest BCUT2D eigenvalue weighted by Gasteiger charge is -2.08. The predicted octanol–water partition coefficient (Wildman–Crippen LogP) is 2.29. The van der Waals surface area contributed by atoms with E-state index >= 15 is 0 Å². The molecule has 8 heteroatoms. The lowest BCUT2D eigenvalue weighted by Crippen LogP contribution is -2.24. The molecule has 1 aromatic carbocycles. The standard InChI is InChI=1S/C17H23N3O3S2/c1-2-3-4-9-18-16(21)12-5-7-13(8-6-12)19-17-20-14-10-25(22,23)11-15(14)24-17/h5-8,14-15H,2-4,9-11H2,1H3,(H,18,21)(H,19,20)/t14-,15-/m0/s1. The maximum absolute atomic E-state index is 12.0. The van der Waals surface area contributed by atoms with Gasteiger partial charge in [-0.1, -0.05) is 31.5 Å². The van der Waals surface area contributed by atoms with Crippen LogP contribution in [-0.4, -0.2) is 48.8 Å². The summed E-state index contributed by atoms with van der Waals surface area (Å²) in [5, 5.41) is 6.91. The van der Waals surface area contributed by atoms with E-state index in [1.54, 1.807) is 12.1 Å². The summed E-state index contributed by atoms with van der Waals surface area (Å²) < 4.78 is 23.2. The molecule has 0 spiro atoms. The average Bonchev–Trinajstić information content (AvgIpc) is 3.04. The van der Waals surface area contributed by atoms with Crippen LogP contribution in [0.1, 0.15) is 36.5 Å². The minimum atomic E-state index is -2.93. The molecule has 2 aliphatic rings. The molecule has 1 fully saturated rings. The molecule has 2 N–H and O–H groups in total. The number of rotatable bonds is 6. The van der Waals surface area contributed by atoms with Gasteiger partial charge in [-0.3, -0.25) is 9.79 Å². The molecular weight excluding hydrogens is 358 g/mol. The van der Waals surface area contributed by atoms with Gasteiger partial charge in [0.1, 0.15) is 0 Å². The van der Waals surface area contributed by atoms with Crippen molar-refractivity contribution < 1.29 is 13.2 Å². The number of hydrogen-bond acceptors (Lipinski definition) is 6. The number of nitrogens with one attached hydrogen (secondary N) is 2. The highest BCUT2D eigenvalue weighted by Gasteiger charge is 2.42. The first-order valence-electron chi connectivity index (χ1n) is 8.57. The van der Waals surface area contributed by atoms with Crippen molar-refractivity contribution in [1.82, 2.24) is 5.32 Å². The number of unbranched alkanes of at least 4 members (excludes halogenated alkanes) is 2. The van der Waals surface area contributed by atoms with Crippen LogP contribution in [-0.2, 0) is 9.84 Å². The van der Waals surface area contributed by atoms with Gasteiger partial charge in [0.25, 0.3) is 5.91 Å². The van der Waals surface area contributed by atoms with E-state index in [9.17, 15) is 13.2 Å². The normalized spacial score (nSPS) is 23.8. The van der Waals surface area contributed by atoms with E-state index < -0.39 is 9.84 Å². The van der Waals surface area contributed by atoms with Gasteiger partial charge in [-0.2, -0.15) is 0 Å². The number of aliphatic imine (C=N–C) groups is 1. The fourth-order valence-electron chi connectivity index (χ4n) is 2.92. The number of carbonyl (C=O) groups is 1. The Morgan fingerprint density at radius 3 is 2.68 bits per heavy atom. The summed E-state index contributed by atoms with van der Waals surface area (Å²) in [4.78, 5) is 16.5. The second-order valence-corrected chi connectivity index (χ2v) is 9.78. The maximum atomic E-state index is 12.0. The summed E-state index contributed by atoms with van der Waals surface area (Å²) in [5.74, 6) is 0.288. The smallest absolute Gasteiger partial charge is 0.251 e. The van der Waals surface area contributed by atoms with Crippen LogP contribution in [0.3, 0.4) is 0 Å². The lowest BCUT2D eigenvalue weighted by atomic mass is 10.2. The Bertz CT molecular complexity index is 760.